The summed E-state index contributed by atoms with van der Waals surface area (Å²) in [6, 6.07) is 2.52. The number of pyridine rings is 1. The van der Waals surface area contributed by atoms with E-state index in [9.17, 15) is 0 Å². The molecule has 0 aromatic carbocycles. The fourth-order valence-corrected chi connectivity index (χ4v) is 3.05. The maximum Gasteiger partial charge on any atom is 0.178 e. The lowest BCUT2D eigenvalue weighted by Gasteiger charge is -2.30. The zero-order chi connectivity index (χ0) is 11.8. The predicted molar refractivity (Wildman–Crippen MR) is 70.7 cm³/mol. The molecule has 1 fully saturated rings. The summed E-state index contributed by atoms with van der Waals surface area (Å²) in [7, 11) is 2.17. The van der Waals surface area contributed by atoms with Gasteiger partial charge in [0.2, 0.25) is 0 Å². The van der Waals surface area contributed by atoms with Gasteiger partial charge in [-0.15, -0.1) is 0 Å². The molecule has 5 heteroatoms. The van der Waals surface area contributed by atoms with Crippen molar-refractivity contribution in [2.45, 2.75) is 18.9 Å². The van der Waals surface area contributed by atoms with E-state index in [1.54, 1.807) is 0 Å². The van der Waals surface area contributed by atoms with Crippen LogP contribution < -0.4 is 0 Å². The highest BCUT2D eigenvalue weighted by molar-refractivity contribution is 7.71. The quantitative estimate of drug-likeness (QED) is 0.787. The van der Waals surface area contributed by atoms with Crippen molar-refractivity contribution >= 4 is 23.3 Å². The van der Waals surface area contributed by atoms with Gasteiger partial charge in [0, 0.05) is 18.8 Å². The molecule has 0 radical (unpaired) electrons. The van der Waals surface area contributed by atoms with Gasteiger partial charge in [0.15, 0.2) is 4.77 Å². The van der Waals surface area contributed by atoms with Crippen molar-refractivity contribution in [3.8, 4) is 0 Å². The van der Waals surface area contributed by atoms with Crippen LogP contribution in [0.3, 0.4) is 0 Å². The van der Waals surface area contributed by atoms with E-state index < -0.39 is 0 Å². The predicted octanol–water partition coefficient (Wildman–Crippen LogP) is 2.36. The van der Waals surface area contributed by atoms with Gasteiger partial charge in [-0.1, -0.05) is 0 Å². The standard InChI is InChI=1S/C12H16N4S/c1-15-6-2-3-9(8-15)16-11-4-5-13-7-10(11)14-12(16)17/h4-5,7,9H,2-3,6,8H2,1H3,(H,14,17). The first-order valence-electron chi connectivity index (χ1n) is 5.98. The van der Waals surface area contributed by atoms with E-state index in [4.69, 9.17) is 12.2 Å². The van der Waals surface area contributed by atoms with Gasteiger partial charge in [0.25, 0.3) is 0 Å². The van der Waals surface area contributed by atoms with E-state index in [1.807, 2.05) is 18.5 Å². The molecule has 3 rings (SSSR count). The Balaban J connectivity index is 2.10. The number of hydrogen-bond acceptors (Lipinski definition) is 3. The van der Waals surface area contributed by atoms with Crippen molar-refractivity contribution in [2.24, 2.45) is 0 Å². The van der Waals surface area contributed by atoms with E-state index >= 15 is 0 Å². The molecule has 1 atom stereocenters. The number of piperidine rings is 1. The number of hydrogen-bond donors (Lipinski definition) is 1. The van der Waals surface area contributed by atoms with Crippen molar-refractivity contribution in [3.63, 3.8) is 0 Å². The van der Waals surface area contributed by atoms with Crippen LogP contribution in [-0.2, 0) is 0 Å². The van der Waals surface area contributed by atoms with Crippen molar-refractivity contribution in [1.29, 1.82) is 0 Å². The van der Waals surface area contributed by atoms with E-state index in [0.717, 1.165) is 16.8 Å². The number of rotatable bonds is 1. The lowest BCUT2D eigenvalue weighted by Crippen LogP contribution is -2.33. The van der Waals surface area contributed by atoms with Crippen LogP contribution in [0.25, 0.3) is 11.0 Å². The first-order chi connectivity index (χ1) is 8.25. The third-order valence-electron chi connectivity index (χ3n) is 3.48. The van der Waals surface area contributed by atoms with E-state index in [1.165, 1.54) is 24.9 Å². The Labute approximate surface area is 105 Å². The van der Waals surface area contributed by atoms with Crippen LogP contribution in [-0.4, -0.2) is 39.6 Å². The molecular weight excluding hydrogens is 232 g/mol. The number of likely N-dealkylation sites (tertiary alicyclic amines) is 1. The number of nitrogens with one attached hydrogen (secondary N) is 1. The molecule has 0 spiro atoms. The summed E-state index contributed by atoms with van der Waals surface area (Å²) in [4.78, 5) is 9.73. The largest absolute Gasteiger partial charge is 0.329 e. The lowest BCUT2D eigenvalue weighted by molar-refractivity contribution is 0.214. The number of fused-ring (bicyclic) bond motifs is 1. The molecule has 1 aliphatic heterocycles. The summed E-state index contributed by atoms with van der Waals surface area (Å²) in [5.74, 6) is 0. The summed E-state index contributed by atoms with van der Waals surface area (Å²) in [6.45, 7) is 2.26. The second-order valence-corrected chi connectivity index (χ2v) is 5.14. The van der Waals surface area contributed by atoms with Crippen LogP contribution in [0.5, 0.6) is 0 Å². The van der Waals surface area contributed by atoms with Gasteiger partial charge in [-0.2, -0.15) is 0 Å². The molecule has 2 aromatic rings. The van der Waals surface area contributed by atoms with Gasteiger partial charge < -0.3 is 14.5 Å². The van der Waals surface area contributed by atoms with E-state index in [0.29, 0.717) is 6.04 Å². The fraction of sp³-hybridized carbons (Fsp3) is 0.500. The molecule has 1 saturated heterocycles. The number of imidazole rings is 1. The van der Waals surface area contributed by atoms with Gasteiger partial charge in [-0.3, -0.25) is 4.98 Å². The van der Waals surface area contributed by atoms with Gasteiger partial charge in [-0.05, 0) is 44.7 Å². The summed E-state index contributed by atoms with van der Waals surface area (Å²) in [5.41, 5.74) is 2.20. The molecule has 0 bridgehead atoms. The number of aromatic nitrogens is 3. The Morgan fingerprint density at radius 2 is 2.41 bits per heavy atom. The normalized spacial score (nSPS) is 22.1. The zero-order valence-electron chi connectivity index (χ0n) is 9.89. The van der Waals surface area contributed by atoms with Gasteiger partial charge >= 0.3 is 0 Å². The average Bonchev–Trinajstić information content (AvgIpc) is 2.64. The fourth-order valence-electron chi connectivity index (χ4n) is 2.69. The van der Waals surface area contributed by atoms with Crippen molar-refractivity contribution in [1.82, 2.24) is 19.4 Å². The minimum atomic E-state index is 0.484. The smallest absolute Gasteiger partial charge is 0.178 e. The molecule has 1 aliphatic rings. The molecular formula is C12H16N4S. The zero-order valence-corrected chi connectivity index (χ0v) is 10.7. The van der Waals surface area contributed by atoms with Crippen LogP contribution in [0, 0.1) is 4.77 Å². The summed E-state index contributed by atoms with van der Waals surface area (Å²) >= 11 is 5.43. The monoisotopic (exact) mass is 248 g/mol. The van der Waals surface area contributed by atoms with Crippen LogP contribution >= 0.6 is 12.2 Å². The second-order valence-electron chi connectivity index (χ2n) is 4.75. The number of likely N-dealkylation sites (N-methyl/N-ethyl adjacent to an activating group) is 1. The highest BCUT2D eigenvalue weighted by Crippen LogP contribution is 2.25. The van der Waals surface area contributed by atoms with Crippen LogP contribution in [0.15, 0.2) is 18.5 Å². The topological polar surface area (TPSA) is 36.9 Å². The minimum Gasteiger partial charge on any atom is -0.329 e. The minimum absolute atomic E-state index is 0.484. The van der Waals surface area contributed by atoms with Crippen LogP contribution in [0.1, 0.15) is 18.9 Å². The number of aromatic amines is 1. The van der Waals surface area contributed by atoms with Gasteiger partial charge in [0.1, 0.15) is 0 Å². The SMILES string of the molecule is CN1CCCC(n2c(=S)[nH]c3cnccc32)C1. The van der Waals surface area contributed by atoms with Crippen molar-refractivity contribution < 1.29 is 0 Å². The molecule has 3 heterocycles. The molecule has 0 aliphatic carbocycles. The average molecular weight is 248 g/mol. The Hall–Kier alpha value is -1.20. The molecule has 1 N–H and O–H groups in total. The molecule has 2 aromatic heterocycles. The molecule has 0 saturated carbocycles. The van der Waals surface area contributed by atoms with Crippen molar-refractivity contribution in [3.05, 3.63) is 23.2 Å². The third-order valence-corrected chi connectivity index (χ3v) is 3.78. The number of nitrogens with zero attached hydrogens (tertiary/aromatic N) is 3. The molecule has 90 valence electrons. The summed E-state index contributed by atoms with van der Waals surface area (Å²) in [5, 5.41) is 0. The maximum atomic E-state index is 5.43. The lowest BCUT2D eigenvalue weighted by atomic mass is 10.1. The maximum absolute atomic E-state index is 5.43. The molecule has 1 unspecified atom stereocenters. The van der Waals surface area contributed by atoms with Crippen molar-refractivity contribution in [2.75, 3.05) is 20.1 Å². The summed E-state index contributed by atoms with van der Waals surface area (Å²) in [6.07, 6.45) is 6.11. The first-order valence-corrected chi connectivity index (χ1v) is 6.39. The Bertz CT molecular complexity index is 585. The third kappa shape index (κ3) is 1.89. The molecule has 4 nitrogen and oxygen atoms in total. The van der Waals surface area contributed by atoms with E-state index in [-0.39, 0.29) is 0 Å². The Morgan fingerprint density at radius 3 is 3.24 bits per heavy atom. The molecule has 17 heavy (non-hydrogen) atoms. The second kappa shape index (κ2) is 4.23. The van der Waals surface area contributed by atoms with Gasteiger partial charge in [-0.25, -0.2) is 0 Å². The van der Waals surface area contributed by atoms with E-state index in [2.05, 4.69) is 26.5 Å². The Kier molecular flexibility index (Phi) is 2.72. The van der Waals surface area contributed by atoms with Crippen LogP contribution in [0.4, 0.5) is 0 Å². The van der Waals surface area contributed by atoms with Crippen LogP contribution in [0.2, 0.25) is 0 Å². The van der Waals surface area contributed by atoms with Gasteiger partial charge in [0.05, 0.1) is 17.2 Å². The molecule has 0 amide bonds. The highest BCUT2D eigenvalue weighted by Gasteiger charge is 2.21. The first kappa shape index (κ1) is 10.9. The Morgan fingerprint density at radius 1 is 1.53 bits per heavy atom. The summed E-state index contributed by atoms with van der Waals surface area (Å²) < 4.78 is 3.07. The highest BCUT2D eigenvalue weighted by atomic mass is 32.1. The number of H-pyrrole nitrogens is 1.